The maximum absolute atomic E-state index is 11.8. The fourth-order valence-electron chi connectivity index (χ4n) is 2.47. The SMILES string of the molecule is N#Cc1c(SCCN2CCCC2)sc2c(=O)[nH]c(=O)[nH]c12. The Bertz CT molecular complexity index is 808. The van der Waals surface area contributed by atoms with E-state index in [4.69, 9.17) is 0 Å². The van der Waals surface area contributed by atoms with Crippen molar-refractivity contribution in [1.29, 1.82) is 5.26 Å². The minimum Gasteiger partial charge on any atom is -0.305 e. The van der Waals surface area contributed by atoms with E-state index in [9.17, 15) is 14.9 Å². The molecule has 0 bridgehead atoms. The van der Waals surface area contributed by atoms with E-state index in [0.717, 1.165) is 29.6 Å². The molecule has 110 valence electrons. The molecule has 21 heavy (non-hydrogen) atoms. The lowest BCUT2D eigenvalue weighted by Gasteiger charge is -2.13. The molecule has 0 atom stereocenters. The maximum atomic E-state index is 11.8. The van der Waals surface area contributed by atoms with Gasteiger partial charge in [0.15, 0.2) is 0 Å². The molecule has 0 unspecified atom stereocenters. The first-order valence-corrected chi connectivity index (χ1v) is 8.53. The van der Waals surface area contributed by atoms with Gasteiger partial charge in [0, 0.05) is 12.3 Å². The standard InChI is InChI=1S/C13H14N4O2S2/c14-7-8-9-10(11(18)16-13(19)15-9)21-12(8)20-6-5-17-3-1-2-4-17/h1-6H2,(H2,15,16,18,19). The van der Waals surface area contributed by atoms with Crippen LogP contribution in [0.2, 0.25) is 0 Å². The second-order valence-electron chi connectivity index (χ2n) is 4.89. The summed E-state index contributed by atoms with van der Waals surface area (Å²) in [5, 5.41) is 9.30. The van der Waals surface area contributed by atoms with E-state index in [1.807, 2.05) is 0 Å². The Hall–Kier alpha value is -1.56. The van der Waals surface area contributed by atoms with Gasteiger partial charge < -0.3 is 9.88 Å². The number of aromatic nitrogens is 2. The van der Waals surface area contributed by atoms with Crippen molar-refractivity contribution >= 4 is 33.3 Å². The summed E-state index contributed by atoms with van der Waals surface area (Å²) < 4.78 is 1.22. The summed E-state index contributed by atoms with van der Waals surface area (Å²) in [7, 11) is 0. The number of hydrogen-bond acceptors (Lipinski definition) is 6. The van der Waals surface area contributed by atoms with E-state index in [2.05, 4.69) is 20.9 Å². The van der Waals surface area contributed by atoms with Gasteiger partial charge in [-0.05, 0) is 25.9 Å². The summed E-state index contributed by atoms with van der Waals surface area (Å²) in [5.74, 6) is 0.879. The van der Waals surface area contributed by atoms with Crippen molar-refractivity contribution < 1.29 is 0 Å². The van der Waals surface area contributed by atoms with E-state index in [1.54, 1.807) is 11.8 Å². The van der Waals surface area contributed by atoms with Gasteiger partial charge >= 0.3 is 5.69 Å². The summed E-state index contributed by atoms with van der Waals surface area (Å²) in [5.41, 5.74) is -0.235. The number of nitriles is 1. The topological polar surface area (TPSA) is 92.8 Å². The van der Waals surface area contributed by atoms with Gasteiger partial charge in [0.05, 0.1) is 9.73 Å². The molecule has 1 saturated heterocycles. The fourth-order valence-corrected chi connectivity index (χ4v) is 4.87. The zero-order chi connectivity index (χ0) is 14.8. The Kier molecular flexibility index (Phi) is 4.14. The summed E-state index contributed by atoms with van der Waals surface area (Å²) in [6.45, 7) is 3.27. The molecule has 2 aromatic rings. The molecule has 0 saturated carbocycles. The third-order valence-electron chi connectivity index (χ3n) is 3.50. The zero-order valence-electron chi connectivity index (χ0n) is 11.3. The van der Waals surface area contributed by atoms with Crippen LogP contribution in [0.1, 0.15) is 18.4 Å². The second kappa shape index (κ2) is 6.05. The minimum atomic E-state index is -0.574. The highest BCUT2D eigenvalue weighted by molar-refractivity contribution is 8.01. The molecular weight excluding hydrogens is 308 g/mol. The first-order chi connectivity index (χ1) is 10.2. The molecule has 2 aromatic heterocycles. The van der Waals surface area contributed by atoms with Crippen LogP contribution in [-0.4, -0.2) is 40.3 Å². The van der Waals surface area contributed by atoms with Gasteiger partial charge in [-0.25, -0.2) is 4.79 Å². The van der Waals surface area contributed by atoms with Crippen LogP contribution in [0.5, 0.6) is 0 Å². The van der Waals surface area contributed by atoms with Crippen molar-refractivity contribution in [3.63, 3.8) is 0 Å². The Labute approximate surface area is 128 Å². The molecule has 2 N–H and O–H groups in total. The van der Waals surface area contributed by atoms with Crippen LogP contribution in [0.3, 0.4) is 0 Å². The first kappa shape index (κ1) is 14.4. The molecule has 3 rings (SSSR count). The predicted octanol–water partition coefficient (Wildman–Crippen LogP) is 1.34. The zero-order valence-corrected chi connectivity index (χ0v) is 12.9. The number of H-pyrrole nitrogens is 2. The highest BCUT2D eigenvalue weighted by Gasteiger charge is 2.17. The highest BCUT2D eigenvalue weighted by atomic mass is 32.2. The first-order valence-electron chi connectivity index (χ1n) is 6.73. The highest BCUT2D eigenvalue weighted by Crippen LogP contribution is 2.34. The molecule has 6 nitrogen and oxygen atoms in total. The Balaban J connectivity index is 1.84. The van der Waals surface area contributed by atoms with Gasteiger partial charge in [-0.2, -0.15) is 5.26 Å². The monoisotopic (exact) mass is 322 g/mol. The van der Waals surface area contributed by atoms with Crippen molar-refractivity contribution in [3.05, 3.63) is 26.4 Å². The van der Waals surface area contributed by atoms with E-state index < -0.39 is 11.2 Å². The molecule has 8 heteroatoms. The number of thiophene rings is 1. The van der Waals surface area contributed by atoms with Crippen LogP contribution in [-0.2, 0) is 0 Å². The molecule has 1 aliphatic heterocycles. The van der Waals surface area contributed by atoms with Crippen LogP contribution in [0.25, 0.3) is 10.2 Å². The van der Waals surface area contributed by atoms with Crippen LogP contribution >= 0.6 is 23.1 Å². The average molecular weight is 322 g/mol. The molecule has 0 aromatic carbocycles. The summed E-state index contributed by atoms with van der Waals surface area (Å²) in [6, 6.07) is 2.10. The Morgan fingerprint density at radius 3 is 2.76 bits per heavy atom. The molecule has 0 radical (unpaired) electrons. The fraction of sp³-hybridized carbons (Fsp3) is 0.462. The summed E-state index contributed by atoms with van der Waals surface area (Å²) in [4.78, 5) is 30.3. The van der Waals surface area contributed by atoms with Gasteiger partial charge in [0.25, 0.3) is 5.56 Å². The smallest absolute Gasteiger partial charge is 0.305 e. The van der Waals surface area contributed by atoms with E-state index in [0.29, 0.717) is 15.8 Å². The molecule has 3 heterocycles. The van der Waals surface area contributed by atoms with Crippen LogP contribution in [0, 0.1) is 11.3 Å². The van der Waals surface area contributed by atoms with Gasteiger partial charge in [-0.3, -0.25) is 9.78 Å². The minimum absolute atomic E-state index is 0.361. The van der Waals surface area contributed by atoms with Crippen LogP contribution < -0.4 is 11.2 Å². The van der Waals surface area contributed by atoms with Gasteiger partial charge in [-0.1, -0.05) is 0 Å². The number of fused-ring (bicyclic) bond motifs is 1. The summed E-state index contributed by atoms with van der Waals surface area (Å²) in [6.07, 6.45) is 2.52. The maximum Gasteiger partial charge on any atom is 0.326 e. The van der Waals surface area contributed by atoms with Crippen molar-refractivity contribution in [2.24, 2.45) is 0 Å². The summed E-state index contributed by atoms with van der Waals surface area (Å²) >= 11 is 2.85. The van der Waals surface area contributed by atoms with E-state index >= 15 is 0 Å². The number of thioether (sulfide) groups is 1. The van der Waals surface area contributed by atoms with Crippen molar-refractivity contribution in [3.8, 4) is 6.07 Å². The quantitative estimate of drug-likeness (QED) is 0.829. The van der Waals surface area contributed by atoms with Crippen molar-refractivity contribution in [2.45, 2.75) is 17.1 Å². The number of nitrogens with zero attached hydrogens (tertiary/aromatic N) is 2. The van der Waals surface area contributed by atoms with Gasteiger partial charge in [0.2, 0.25) is 0 Å². The normalized spacial score (nSPS) is 15.6. The Morgan fingerprint density at radius 1 is 1.29 bits per heavy atom. The van der Waals surface area contributed by atoms with Crippen molar-refractivity contribution in [2.75, 3.05) is 25.4 Å². The van der Waals surface area contributed by atoms with Crippen LogP contribution in [0.4, 0.5) is 0 Å². The van der Waals surface area contributed by atoms with Crippen molar-refractivity contribution in [1.82, 2.24) is 14.9 Å². The largest absolute Gasteiger partial charge is 0.326 e. The number of hydrogen-bond donors (Lipinski definition) is 2. The van der Waals surface area contributed by atoms with Crippen LogP contribution in [0.15, 0.2) is 13.8 Å². The molecule has 0 spiro atoms. The average Bonchev–Trinajstić information content (AvgIpc) is 3.06. The molecule has 0 amide bonds. The van der Waals surface area contributed by atoms with E-state index in [1.165, 1.54) is 24.2 Å². The molecule has 1 aliphatic rings. The Morgan fingerprint density at radius 2 is 2.05 bits per heavy atom. The lowest BCUT2D eigenvalue weighted by Crippen LogP contribution is -2.21. The second-order valence-corrected chi connectivity index (χ2v) is 7.27. The van der Waals surface area contributed by atoms with Gasteiger partial charge in [-0.15, -0.1) is 23.1 Å². The molecule has 1 fully saturated rings. The number of aromatic amines is 2. The molecular formula is C13H14N4O2S2. The van der Waals surface area contributed by atoms with Gasteiger partial charge in [0.1, 0.15) is 16.3 Å². The predicted molar refractivity (Wildman–Crippen MR) is 84.2 cm³/mol. The number of likely N-dealkylation sites (tertiary alicyclic amines) is 1. The lowest BCUT2D eigenvalue weighted by molar-refractivity contribution is 0.362. The third-order valence-corrected chi connectivity index (χ3v) is 5.94. The lowest BCUT2D eigenvalue weighted by atomic mass is 10.3. The number of rotatable bonds is 4. The number of nitrogens with one attached hydrogen (secondary N) is 2. The third kappa shape index (κ3) is 2.90. The van der Waals surface area contributed by atoms with E-state index in [-0.39, 0.29) is 0 Å². The molecule has 0 aliphatic carbocycles.